The fraction of sp³-hybridized carbons (Fsp3) is 0.611. The first-order valence-electron chi connectivity index (χ1n) is 8.13. The molecule has 1 aromatic rings. The molecule has 0 radical (unpaired) electrons. The third-order valence-corrected chi connectivity index (χ3v) is 6.34. The van der Waals surface area contributed by atoms with Crippen LogP contribution in [-0.4, -0.2) is 5.91 Å². The SMILES string of the molecule is Cc1ccc(C23C[C@H]4C[C@@H](CC(C(=O)NN)(C4)C2)C3)cc1. The lowest BCUT2D eigenvalue weighted by Gasteiger charge is -2.61. The summed E-state index contributed by atoms with van der Waals surface area (Å²) in [5.41, 5.74) is 5.21. The van der Waals surface area contributed by atoms with Gasteiger partial charge >= 0.3 is 0 Å². The van der Waals surface area contributed by atoms with Gasteiger partial charge in [0.05, 0.1) is 5.41 Å². The molecule has 0 aromatic heterocycles. The van der Waals surface area contributed by atoms with Crippen molar-refractivity contribution in [3.05, 3.63) is 35.4 Å². The number of aryl methyl sites for hydroxylation is 1. The van der Waals surface area contributed by atoms with Crippen LogP contribution in [0.25, 0.3) is 0 Å². The molecule has 3 heteroatoms. The van der Waals surface area contributed by atoms with Crippen molar-refractivity contribution in [1.29, 1.82) is 0 Å². The Balaban J connectivity index is 1.76. The van der Waals surface area contributed by atoms with Crippen molar-refractivity contribution >= 4 is 5.91 Å². The summed E-state index contributed by atoms with van der Waals surface area (Å²) >= 11 is 0. The summed E-state index contributed by atoms with van der Waals surface area (Å²) in [6, 6.07) is 9.00. The van der Waals surface area contributed by atoms with Crippen LogP contribution in [0.3, 0.4) is 0 Å². The highest BCUT2D eigenvalue weighted by Gasteiger charge is 2.60. The molecule has 0 unspecified atom stereocenters. The topological polar surface area (TPSA) is 55.1 Å². The summed E-state index contributed by atoms with van der Waals surface area (Å²) in [7, 11) is 0. The molecular formula is C18H24N2O. The maximum Gasteiger partial charge on any atom is 0.240 e. The van der Waals surface area contributed by atoms with Gasteiger partial charge in [-0.05, 0) is 68.3 Å². The van der Waals surface area contributed by atoms with Crippen molar-refractivity contribution in [1.82, 2.24) is 5.43 Å². The van der Waals surface area contributed by atoms with Gasteiger partial charge in [0.25, 0.3) is 0 Å². The number of hydrogen-bond acceptors (Lipinski definition) is 2. The molecular weight excluding hydrogens is 260 g/mol. The van der Waals surface area contributed by atoms with Crippen molar-refractivity contribution < 1.29 is 4.79 Å². The van der Waals surface area contributed by atoms with Crippen LogP contribution < -0.4 is 11.3 Å². The predicted octanol–water partition coefficient (Wildman–Crippen LogP) is 2.82. The molecule has 3 N–H and O–H groups in total. The van der Waals surface area contributed by atoms with E-state index in [1.807, 2.05) is 0 Å². The third-order valence-electron chi connectivity index (χ3n) is 6.34. The highest BCUT2D eigenvalue weighted by atomic mass is 16.2. The fourth-order valence-electron chi connectivity index (χ4n) is 5.93. The Bertz CT molecular complexity index is 563. The van der Waals surface area contributed by atoms with Gasteiger partial charge in [-0.25, -0.2) is 5.84 Å². The molecule has 1 aromatic carbocycles. The molecule has 4 saturated carbocycles. The summed E-state index contributed by atoms with van der Waals surface area (Å²) in [5.74, 6) is 6.97. The Morgan fingerprint density at radius 3 is 2.33 bits per heavy atom. The van der Waals surface area contributed by atoms with Gasteiger partial charge in [0.1, 0.15) is 0 Å². The second-order valence-electron chi connectivity index (χ2n) is 7.86. The smallest absolute Gasteiger partial charge is 0.240 e. The lowest BCUT2D eigenvalue weighted by molar-refractivity contribution is -0.149. The Labute approximate surface area is 126 Å². The monoisotopic (exact) mass is 284 g/mol. The van der Waals surface area contributed by atoms with Crippen LogP contribution in [0.15, 0.2) is 24.3 Å². The lowest BCUT2D eigenvalue weighted by Crippen LogP contribution is -2.59. The maximum absolute atomic E-state index is 12.5. The van der Waals surface area contributed by atoms with E-state index in [0.717, 1.165) is 19.3 Å². The van der Waals surface area contributed by atoms with Gasteiger partial charge in [-0.2, -0.15) is 0 Å². The number of rotatable bonds is 2. The van der Waals surface area contributed by atoms with Crippen LogP contribution in [0.4, 0.5) is 0 Å². The summed E-state index contributed by atoms with van der Waals surface area (Å²) in [6.45, 7) is 2.13. The number of hydrogen-bond donors (Lipinski definition) is 2. The van der Waals surface area contributed by atoms with Crippen LogP contribution in [0.1, 0.15) is 49.7 Å². The molecule has 112 valence electrons. The van der Waals surface area contributed by atoms with E-state index in [-0.39, 0.29) is 16.7 Å². The Hall–Kier alpha value is -1.35. The number of benzene rings is 1. The number of nitrogens with two attached hydrogens (primary N) is 1. The number of amides is 1. The molecule has 0 heterocycles. The maximum atomic E-state index is 12.5. The first kappa shape index (κ1) is 13.3. The van der Waals surface area contributed by atoms with Gasteiger partial charge in [-0.15, -0.1) is 0 Å². The molecule has 21 heavy (non-hydrogen) atoms. The van der Waals surface area contributed by atoms with Crippen LogP contribution in [-0.2, 0) is 10.2 Å². The lowest BCUT2D eigenvalue weighted by atomic mass is 9.42. The Kier molecular flexibility index (Phi) is 2.74. The van der Waals surface area contributed by atoms with E-state index >= 15 is 0 Å². The first-order chi connectivity index (χ1) is 10.1. The van der Waals surface area contributed by atoms with Crippen molar-refractivity contribution in [2.45, 2.75) is 50.9 Å². The summed E-state index contributed by atoms with van der Waals surface area (Å²) in [4.78, 5) is 12.5. The molecule has 0 spiro atoms. The normalized spacial score (nSPS) is 40.3. The zero-order valence-corrected chi connectivity index (χ0v) is 12.7. The van der Waals surface area contributed by atoms with Gasteiger partial charge in [0.2, 0.25) is 5.91 Å². The molecule has 0 saturated heterocycles. The van der Waals surface area contributed by atoms with Gasteiger partial charge in [-0.1, -0.05) is 29.8 Å². The summed E-state index contributed by atoms with van der Waals surface area (Å²) < 4.78 is 0. The van der Waals surface area contributed by atoms with E-state index in [1.165, 1.54) is 30.4 Å². The predicted molar refractivity (Wildman–Crippen MR) is 82.3 cm³/mol. The zero-order valence-electron chi connectivity index (χ0n) is 12.7. The van der Waals surface area contributed by atoms with Crippen LogP contribution in [0.2, 0.25) is 0 Å². The third kappa shape index (κ3) is 1.87. The van der Waals surface area contributed by atoms with Gasteiger partial charge < -0.3 is 0 Å². The van der Waals surface area contributed by atoms with Gasteiger partial charge in [0.15, 0.2) is 0 Å². The minimum Gasteiger partial charge on any atom is -0.294 e. The van der Waals surface area contributed by atoms with Crippen LogP contribution in [0.5, 0.6) is 0 Å². The zero-order chi connectivity index (χ0) is 14.7. The van der Waals surface area contributed by atoms with Crippen molar-refractivity contribution in [2.24, 2.45) is 23.1 Å². The van der Waals surface area contributed by atoms with E-state index in [4.69, 9.17) is 5.84 Å². The minimum atomic E-state index is -0.205. The van der Waals surface area contributed by atoms with Crippen LogP contribution in [0, 0.1) is 24.2 Å². The molecule has 2 atom stereocenters. The second-order valence-corrected chi connectivity index (χ2v) is 7.86. The van der Waals surface area contributed by atoms with E-state index in [2.05, 4.69) is 36.6 Å². The molecule has 0 aliphatic heterocycles. The van der Waals surface area contributed by atoms with Gasteiger partial charge in [0, 0.05) is 0 Å². The molecule has 3 nitrogen and oxygen atoms in total. The summed E-state index contributed by atoms with van der Waals surface area (Å²) in [6.07, 6.45) is 6.89. The number of hydrazine groups is 1. The highest BCUT2D eigenvalue weighted by molar-refractivity contribution is 5.83. The van der Waals surface area contributed by atoms with Crippen molar-refractivity contribution in [3.8, 4) is 0 Å². The molecule has 4 bridgehead atoms. The molecule has 5 rings (SSSR count). The van der Waals surface area contributed by atoms with E-state index in [0.29, 0.717) is 11.8 Å². The Morgan fingerprint density at radius 1 is 1.14 bits per heavy atom. The van der Waals surface area contributed by atoms with Crippen molar-refractivity contribution in [3.63, 3.8) is 0 Å². The minimum absolute atomic E-state index is 0.0769. The summed E-state index contributed by atoms with van der Waals surface area (Å²) in [5, 5.41) is 0. The Morgan fingerprint density at radius 2 is 1.76 bits per heavy atom. The van der Waals surface area contributed by atoms with E-state index in [1.54, 1.807) is 0 Å². The second kappa shape index (κ2) is 4.33. The average Bonchev–Trinajstić information content (AvgIpc) is 2.45. The number of carbonyl (C=O) groups excluding carboxylic acids is 1. The standard InChI is InChI=1S/C18H24N2O/c1-12-2-4-15(5-3-12)17-7-13-6-14(8-17)10-18(9-13,11-17)16(21)20-19/h2-5,13-14H,6-11,19H2,1H3,(H,20,21)/t13-,14-,17?,18?/m1/s1. The first-order valence-corrected chi connectivity index (χ1v) is 8.13. The molecule has 1 amide bonds. The molecule has 4 aliphatic carbocycles. The quantitative estimate of drug-likeness (QED) is 0.498. The van der Waals surface area contributed by atoms with E-state index in [9.17, 15) is 4.79 Å². The van der Waals surface area contributed by atoms with Crippen molar-refractivity contribution in [2.75, 3.05) is 0 Å². The van der Waals surface area contributed by atoms with Gasteiger partial charge in [-0.3, -0.25) is 10.2 Å². The van der Waals surface area contributed by atoms with E-state index < -0.39 is 0 Å². The fourth-order valence-corrected chi connectivity index (χ4v) is 5.93. The highest BCUT2D eigenvalue weighted by Crippen LogP contribution is 2.65. The van der Waals surface area contributed by atoms with Crippen LogP contribution >= 0.6 is 0 Å². The average molecular weight is 284 g/mol. The number of carbonyl (C=O) groups is 1. The molecule has 4 aliphatic rings. The molecule has 4 fully saturated rings. The largest absolute Gasteiger partial charge is 0.294 e. The number of nitrogens with one attached hydrogen (secondary N) is 1.